The minimum absolute atomic E-state index is 0.149. The lowest BCUT2D eigenvalue weighted by molar-refractivity contribution is -0.138. The van der Waals surface area contributed by atoms with Gasteiger partial charge >= 0.3 is 5.97 Å². The van der Waals surface area contributed by atoms with Gasteiger partial charge in [-0.25, -0.2) is 0 Å². The zero-order valence-corrected chi connectivity index (χ0v) is 9.65. The van der Waals surface area contributed by atoms with E-state index in [0.29, 0.717) is 11.3 Å². The number of carboxylic acids is 1. The van der Waals surface area contributed by atoms with E-state index >= 15 is 0 Å². The molecule has 0 amide bonds. The average Bonchev–Trinajstić information content (AvgIpc) is 2.67. The Kier molecular flexibility index (Phi) is 2.71. The molecule has 4 nitrogen and oxygen atoms in total. The lowest BCUT2D eigenvalue weighted by atomic mass is 9.96. The van der Waals surface area contributed by atoms with E-state index in [9.17, 15) is 9.59 Å². The Morgan fingerprint density at radius 2 is 1.94 bits per heavy atom. The highest BCUT2D eigenvalue weighted by Gasteiger charge is 2.24. The number of rotatable bonds is 3. The van der Waals surface area contributed by atoms with Crippen molar-refractivity contribution < 1.29 is 14.7 Å². The van der Waals surface area contributed by atoms with E-state index < -0.39 is 11.9 Å². The summed E-state index contributed by atoms with van der Waals surface area (Å²) in [5.74, 6) is -1.79. The summed E-state index contributed by atoms with van der Waals surface area (Å²) < 4.78 is 0. The number of nitrogens with one attached hydrogen (secondary N) is 1. The van der Waals surface area contributed by atoms with Gasteiger partial charge in [0.05, 0.1) is 11.6 Å². The molecular formula is C13H13NO3. The lowest BCUT2D eigenvalue weighted by Crippen LogP contribution is -2.10. The van der Waals surface area contributed by atoms with E-state index in [2.05, 4.69) is 4.98 Å². The van der Waals surface area contributed by atoms with Gasteiger partial charge in [-0.3, -0.25) is 9.59 Å². The normalized spacial score (nSPS) is 12.6. The van der Waals surface area contributed by atoms with Crippen LogP contribution in [0.3, 0.4) is 0 Å². The Bertz CT molecular complexity index is 598. The van der Waals surface area contributed by atoms with E-state index in [0.717, 1.165) is 10.9 Å². The van der Waals surface area contributed by atoms with Crippen LogP contribution in [0.15, 0.2) is 24.3 Å². The molecule has 2 N–H and O–H groups in total. The lowest BCUT2D eigenvalue weighted by Gasteiger charge is -2.07. The number of H-pyrrole nitrogens is 1. The van der Waals surface area contributed by atoms with E-state index in [1.54, 1.807) is 6.92 Å². The third-order valence-corrected chi connectivity index (χ3v) is 2.90. The van der Waals surface area contributed by atoms with Crippen LogP contribution in [-0.4, -0.2) is 21.8 Å². The van der Waals surface area contributed by atoms with Gasteiger partial charge in [-0.05, 0) is 13.0 Å². The second-order valence-corrected chi connectivity index (χ2v) is 4.08. The summed E-state index contributed by atoms with van der Waals surface area (Å²) in [7, 11) is 0. The molecule has 2 rings (SSSR count). The molecule has 0 saturated carbocycles. The first-order chi connectivity index (χ1) is 8.02. The number of ketones is 1. The molecule has 88 valence electrons. The second kappa shape index (κ2) is 4.05. The van der Waals surface area contributed by atoms with Crippen molar-refractivity contribution >= 4 is 22.7 Å². The number of hydrogen-bond acceptors (Lipinski definition) is 2. The fourth-order valence-electron chi connectivity index (χ4n) is 2.01. The molecule has 1 aromatic carbocycles. The Labute approximate surface area is 98.3 Å². The number of carbonyl (C=O) groups excluding carboxylic acids is 1. The first kappa shape index (κ1) is 11.4. The van der Waals surface area contributed by atoms with Crippen LogP contribution in [-0.2, 0) is 4.79 Å². The summed E-state index contributed by atoms with van der Waals surface area (Å²) >= 11 is 0. The SMILES string of the molecule is CC(=O)c1[nH]c2ccccc2c1C(C)C(=O)O. The van der Waals surface area contributed by atoms with Crippen LogP contribution in [0.25, 0.3) is 10.9 Å². The number of hydrogen-bond donors (Lipinski definition) is 2. The quantitative estimate of drug-likeness (QED) is 0.797. The van der Waals surface area contributed by atoms with E-state index in [-0.39, 0.29) is 5.78 Å². The fraction of sp³-hybridized carbons (Fsp3) is 0.231. The first-order valence-electron chi connectivity index (χ1n) is 5.36. The Hall–Kier alpha value is -2.10. The van der Waals surface area contributed by atoms with Gasteiger partial charge in [0.1, 0.15) is 0 Å². The number of fused-ring (bicyclic) bond motifs is 1. The Balaban J connectivity index is 2.76. The van der Waals surface area contributed by atoms with Crippen molar-refractivity contribution in [3.05, 3.63) is 35.5 Å². The summed E-state index contributed by atoms with van der Waals surface area (Å²) in [6.07, 6.45) is 0. The maximum Gasteiger partial charge on any atom is 0.310 e. The number of Topliss-reactive ketones (excluding diaryl/α,β-unsaturated/α-hetero) is 1. The number of carbonyl (C=O) groups is 2. The van der Waals surface area contributed by atoms with Crippen LogP contribution in [0.4, 0.5) is 0 Å². The summed E-state index contributed by atoms with van der Waals surface area (Å²) in [5.41, 5.74) is 1.75. The molecule has 4 heteroatoms. The molecule has 0 radical (unpaired) electrons. The van der Waals surface area contributed by atoms with Crippen molar-refractivity contribution in [3.63, 3.8) is 0 Å². The van der Waals surface area contributed by atoms with Gasteiger partial charge in [-0.2, -0.15) is 0 Å². The minimum Gasteiger partial charge on any atom is -0.481 e. The highest BCUT2D eigenvalue weighted by molar-refractivity contribution is 6.03. The van der Waals surface area contributed by atoms with Crippen LogP contribution in [0.5, 0.6) is 0 Å². The van der Waals surface area contributed by atoms with Gasteiger partial charge in [0.15, 0.2) is 5.78 Å². The van der Waals surface area contributed by atoms with Crippen LogP contribution < -0.4 is 0 Å². The van der Waals surface area contributed by atoms with Gasteiger partial charge in [0.2, 0.25) is 0 Å². The smallest absolute Gasteiger partial charge is 0.310 e. The predicted molar refractivity (Wildman–Crippen MR) is 64.4 cm³/mol. The molecule has 1 aromatic heterocycles. The summed E-state index contributed by atoms with van der Waals surface area (Å²) in [6, 6.07) is 7.34. The van der Waals surface area contributed by atoms with Crippen molar-refractivity contribution in [2.75, 3.05) is 0 Å². The molecule has 2 aromatic rings. The molecule has 0 saturated heterocycles. The second-order valence-electron chi connectivity index (χ2n) is 4.08. The number of aliphatic carboxylic acids is 1. The Morgan fingerprint density at radius 3 is 2.53 bits per heavy atom. The Morgan fingerprint density at radius 1 is 1.29 bits per heavy atom. The molecule has 0 fully saturated rings. The topological polar surface area (TPSA) is 70.2 Å². The van der Waals surface area contributed by atoms with Gasteiger partial charge in [-0.15, -0.1) is 0 Å². The molecule has 1 atom stereocenters. The maximum atomic E-state index is 11.5. The molecule has 17 heavy (non-hydrogen) atoms. The van der Waals surface area contributed by atoms with Crippen molar-refractivity contribution in [1.82, 2.24) is 4.98 Å². The summed E-state index contributed by atoms with van der Waals surface area (Å²) in [6.45, 7) is 3.02. The molecule has 1 unspecified atom stereocenters. The largest absolute Gasteiger partial charge is 0.481 e. The monoisotopic (exact) mass is 231 g/mol. The number of aromatic amines is 1. The van der Waals surface area contributed by atoms with Crippen molar-refractivity contribution in [3.8, 4) is 0 Å². The number of carboxylic acid groups (broad SMARTS) is 1. The van der Waals surface area contributed by atoms with Crippen LogP contribution in [0.1, 0.15) is 35.8 Å². The fourth-order valence-corrected chi connectivity index (χ4v) is 2.01. The van der Waals surface area contributed by atoms with E-state index in [4.69, 9.17) is 5.11 Å². The molecule has 0 spiro atoms. The van der Waals surface area contributed by atoms with Crippen molar-refractivity contribution in [1.29, 1.82) is 0 Å². The molecular weight excluding hydrogens is 218 g/mol. The molecule has 0 aliphatic rings. The predicted octanol–water partition coefficient (Wildman–Crippen LogP) is 2.56. The molecule has 1 heterocycles. The summed E-state index contributed by atoms with van der Waals surface area (Å²) in [5, 5.41) is 9.89. The zero-order chi connectivity index (χ0) is 12.6. The van der Waals surface area contributed by atoms with Crippen molar-refractivity contribution in [2.45, 2.75) is 19.8 Å². The number of aromatic nitrogens is 1. The first-order valence-corrected chi connectivity index (χ1v) is 5.36. The molecule has 0 aliphatic carbocycles. The standard InChI is InChI=1S/C13H13NO3/c1-7(13(16)17)11-9-5-3-4-6-10(9)14-12(11)8(2)15/h3-7,14H,1-2H3,(H,16,17). The average molecular weight is 231 g/mol. The van der Waals surface area contributed by atoms with E-state index in [1.165, 1.54) is 6.92 Å². The maximum absolute atomic E-state index is 11.5. The number of benzene rings is 1. The van der Waals surface area contributed by atoms with Crippen LogP contribution in [0.2, 0.25) is 0 Å². The third-order valence-electron chi connectivity index (χ3n) is 2.90. The van der Waals surface area contributed by atoms with Crippen molar-refractivity contribution in [2.24, 2.45) is 0 Å². The molecule has 0 bridgehead atoms. The summed E-state index contributed by atoms with van der Waals surface area (Å²) in [4.78, 5) is 25.6. The minimum atomic E-state index is -0.933. The number of para-hydroxylation sites is 1. The van der Waals surface area contributed by atoms with Gasteiger partial charge < -0.3 is 10.1 Å². The van der Waals surface area contributed by atoms with Gasteiger partial charge in [-0.1, -0.05) is 18.2 Å². The third kappa shape index (κ3) is 1.82. The highest BCUT2D eigenvalue weighted by atomic mass is 16.4. The zero-order valence-electron chi connectivity index (χ0n) is 9.65. The highest BCUT2D eigenvalue weighted by Crippen LogP contribution is 2.29. The van der Waals surface area contributed by atoms with Gasteiger partial charge in [0, 0.05) is 23.4 Å². The molecule has 0 aliphatic heterocycles. The van der Waals surface area contributed by atoms with Crippen LogP contribution in [0, 0.1) is 0 Å². The van der Waals surface area contributed by atoms with Crippen LogP contribution >= 0.6 is 0 Å². The van der Waals surface area contributed by atoms with Gasteiger partial charge in [0.25, 0.3) is 0 Å². The van der Waals surface area contributed by atoms with E-state index in [1.807, 2.05) is 24.3 Å².